The molecule has 0 radical (unpaired) electrons. The Balaban J connectivity index is 1.81. The second-order valence-corrected chi connectivity index (χ2v) is 6.29. The molecular weight excluding hydrogens is 377 g/mol. The van der Waals surface area contributed by atoms with Crippen LogP contribution in [0.25, 0.3) is 0 Å². The van der Waals surface area contributed by atoms with E-state index >= 15 is 0 Å². The minimum absolute atomic E-state index is 0.166. The number of amides is 3. The summed E-state index contributed by atoms with van der Waals surface area (Å²) in [6, 6.07) is 13.2. The Morgan fingerprint density at radius 2 is 1.69 bits per heavy atom. The molecular formula is C18H17Cl2N3O3. The van der Waals surface area contributed by atoms with Crippen molar-refractivity contribution in [3.63, 3.8) is 0 Å². The molecule has 0 atom stereocenters. The van der Waals surface area contributed by atoms with Gasteiger partial charge in [0, 0.05) is 18.3 Å². The maximum Gasteiger partial charge on any atom is 0.251 e. The second-order valence-electron chi connectivity index (χ2n) is 5.48. The van der Waals surface area contributed by atoms with E-state index in [0.29, 0.717) is 21.3 Å². The van der Waals surface area contributed by atoms with Crippen molar-refractivity contribution in [1.82, 2.24) is 10.2 Å². The molecule has 0 bridgehead atoms. The Labute approximate surface area is 161 Å². The van der Waals surface area contributed by atoms with Gasteiger partial charge in [0.25, 0.3) is 5.91 Å². The fourth-order valence-corrected chi connectivity index (χ4v) is 2.36. The van der Waals surface area contributed by atoms with Crippen LogP contribution >= 0.6 is 23.2 Å². The summed E-state index contributed by atoms with van der Waals surface area (Å²) in [6.07, 6.45) is 0. The van der Waals surface area contributed by atoms with Crippen LogP contribution in [-0.2, 0) is 9.59 Å². The van der Waals surface area contributed by atoms with E-state index in [2.05, 4.69) is 10.6 Å². The molecule has 8 heteroatoms. The van der Waals surface area contributed by atoms with Crippen molar-refractivity contribution in [2.75, 3.05) is 25.5 Å². The van der Waals surface area contributed by atoms with Crippen LogP contribution in [-0.4, -0.2) is 42.8 Å². The molecule has 2 rings (SSSR count). The zero-order chi connectivity index (χ0) is 19.1. The highest BCUT2D eigenvalue weighted by atomic mass is 35.5. The number of benzene rings is 2. The first-order valence-electron chi connectivity index (χ1n) is 7.69. The predicted molar refractivity (Wildman–Crippen MR) is 102 cm³/mol. The first kappa shape index (κ1) is 19.8. The van der Waals surface area contributed by atoms with Crippen molar-refractivity contribution in [2.45, 2.75) is 0 Å². The molecule has 2 aromatic carbocycles. The number of carbonyl (C=O) groups is 3. The van der Waals surface area contributed by atoms with Gasteiger partial charge in [0.2, 0.25) is 11.8 Å². The monoisotopic (exact) mass is 393 g/mol. The molecule has 3 amide bonds. The zero-order valence-corrected chi connectivity index (χ0v) is 15.5. The Morgan fingerprint density at radius 1 is 1.00 bits per heavy atom. The van der Waals surface area contributed by atoms with Gasteiger partial charge < -0.3 is 15.5 Å². The van der Waals surface area contributed by atoms with E-state index in [4.69, 9.17) is 23.2 Å². The summed E-state index contributed by atoms with van der Waals surface area (Å²) in [4.78, 5) is 37.2. The lowest BCUT2D eigenvalue weighted by Gasteiger charge is -2.17. The lowest BCUT2D eigenvalue weighted by molar-refractivity contribution is -0.132. The normalized spacial score (nSPS) is 10.1. The number of hydrogen-bond donors (Lipinski definition) is 2. The number of nitrogens with zero attached hydrogens (tertiary/aromatic N) is 1. The summed E-state index contributed by atoms with van der Waals surface area (Å²) in [7, 11) is 1.48. The maximum atomic E-state index is 12.1. The summed E-state index contributed by atoms with van der Waals surface area (Å²) in [5.41, 5.74) is 0.933. The first-order valence-corrected chi connectivity index (χ1v) is 8.44. The van der Waals surface area contributed by atoms with Crippen LogP contribution < -0.4 is 10.6 Å². The molecule has 0 aliphatic carbocycles. The third-order valence-corrected chi connectivity index (χ3v) is 4.19. The first-order chi connectivity index (χ1) is 12.4. The third kappa shape index (κ3) is 5.75. The molecule has 0 saturated carbocycles. The summed E-state index contributed by atoms with van der Waals surface area (Å²) < 4.78 is 0. The Hall–Kier alpha value is -2.57. The number of likely N-dealkylation sites (N-methyl/N-ethyl adjacent to an activating group) is 1. The van der Waals surface area contributed by atoms with E-state index in [1.165, 1.54) is 18.0 Å². The molecule has 0 aromatic heterocycles. The molecule has 0 fully saturated rings. The minimum Gasteiger partial charge on any atom is -0.343 e. The van der Waals surface area contributed by atoms with Crippen molar-refractivity contribution < 1.29 is 14.4 Å². The van der Waals surface area contributed by atoms with Gasteiger partial charge >= 0.3 is 0 Å². The largest absolute Gasteiger partial charge is 0.343 e. The number of nitrogens with one attached hydrogen (secondary N) is 2. The zero-order valence-electron chi connectivity index (χ0n) is 14.0. The summed E-state index contributed by atoms with van der Waals surface area (Å²) in [6.45, 7) is -0.370. The highest BCUT2D eigenvalue weighted by Gasteiger charge is 2.15. The van der Waals surface area contributed by atoms with Crippen LogP contribution in [0.3, 0.4) is 0 Å². The molecule has 0 unspecified atom stereocenters. The Kier molecular flexibility index (Phi) is 7.00. The Bertz CT molecular complexity index is 813. The highest BCUT2D eigenvalue weighted by molar-refractivity contribution is 6.42. The van der Waals surface area contributed by atoms with Gasteiger partial charge in [-0.3, -0.25) is 14.4 Å². The van der Waals surface area contributed by atoms with Crippen molar-refractivity contribution in [1.29, 1.82) is 0 Å². The average molecular weight is 394 g/mol. The molecule has 0 saturated heterocycles. The van der Waals surface area contributed by atoms with Crippen molar-refractivity contribution in [3.8, 4) is 0 Å². The van der Waals surface area contributed by atoms with Crippen LogP contribution in [0.4, 0.5) is 5.69 Å². The number of anilines is 1. The smallest absolute Gasteiger partial charge is 0.251 e. The van der Waals surface area contributed by atoms with Crippen LogP contribution in [0.2, 0.25) is 10.0 Å². The third-order valence-electron chi connectivity index (χ3n) is 3.45. The second kappa shape index (κ2) is 9.22. The molecule has 136 valence electrons. The maximum absolute atomic E-state index is 12.1. The van der Waals surface area contributed by atoms with Gasteiger partial charge in [0.1, 0.15) is 0 Å². The number of rotatable bonds is 6. The van der Waals surface area contributed by atoms with Crippen molar-refractivity contribution in [3.05, 3.63) is 64.1 Å². The fraction of sp³-hybridized carbons (Fsp3) is 0.167. The molecule has 0 aliphatic heterocycles. The molecule has 0 heterocycles. The lowest BCUT2D eigenvalue weighted by atomic mass is 10.2. The highest BCUT2D eigenvalue weighted by Crippen LogP contribution is 2.24. The minimum atomic E-state index is -0.395. The van der Waals surface area contributed by atoms with Crippen LogP contribution in [0.1, 0.15) is 10.4 Å². The molecule has 26 heavy (non-hydrogen) atoms. The van der Waals surface area contributed by atoms with Crippen LogP contribution in [0.15, 0.2) is 48.5 Å². The fourth-order valence-electron chi connectivity index (χ4n) is 2.06. The molecule has 2 aromatic rings. The van der Waals surface area contributed by atoms with E-state index < -0.39 is 11.8 Å². The SMILES string of the molecule is CN(CC(=O)Nc1ccc(Cl)c(Cl)c1)C(=O)CNC(=O)c1ccccc1. The van der Waals surface area contributed by atoms with Crippen LogP contribution in [0, 0.1) is 0 Å². The average Bonchev–Trinajstić information content (AvgIpc) is 2.63. The van der Waals surface area contributed by atoms with E-state index in [1.807, 2.05) is 0 Å². The number of halogens is 2. The van der Waals surface area contributed by atoms with E-state index in [1.54, 1.807) is 42.5 Å². The van der Waals surface area contributed by atoms with Gasteiger partial charge in [0.05, 0.1) is 23.1 Å². The van der Waals surface area contributed by atoms with E-state index in [9.17, 15) is 14.4 Å². The summed E-state index contributed by atoms with van der Waals surface area (Å²) in [5.74, 6) is -1.14. The van der Waals surface area contributed by atoms with Gasteiger partial charge in [-0.25, -0.2) is 0 Å². The number of hydrogen-bond acceptors (Lipinski definition) is 3. The van der Waals surface area contributed by atoms with Gasteiger partial charge in [-0.15, -0.1) is 0 Å². The molecule has 0 aliphatic rings. The topological polar surface area (TPSA) is 78.5 Å². The van der Waals surface area contributed by atoms with Gasteiger partial charge in [-0.05, 0) is 30.3 Å². The van der Waals surface area contributed by atoms with Crippen molar-refractivity contribution >= 4 is 46.6 Å². The predicted octanol–water partition coefficient (Wildman–Crippen LogP) is 2.82. The standard InChI is InChI=1S/C18H17Cl2N3O3/c1-23(11-16(24)22-13-7-8-14(19)15(20)9-13)17(25)10-21-18(26)12-5-3-2-4-6-12/h2-9H,10-11H2,1H3,(H,21,26)(H,22,24). The van der Waals surface area contributed by atoms with Crippen LogP contribution in [0.5, 0.6) is 0 Å². The molecule has 0 spiro atoms. The summed E-state index contributed by atoms with van der Waals surface area (Å²) >= 11 is 11.7. The number of carbonyl (C=O) groups excluding carboxylic acids is 3. The van der Waals surface area contributed by atoms with Gasteiger partial charge in [-0.1, -0.05) is 41.4 Å². The van der Waals surface area contributed by atoms with Gasteiger partial charge in [0.15, 0.2) is 0 Å². The quantitative estimate of drug-likeness (QED) is 0.791. The Morgan fingerprint density at radius 3 is 2.35 bits per heavy atom. The van der Waals surface area contributed by atoms with Crippen molar-refractivity contribution in [2.24, 2.45) is 0 Å². The molecule has 6 nitrogen and oxygen atoms in total. The lowest BCUT2D eigenvalue weighted by Crippen LogP contribution is -2.41. The van der Waals surface area contributed by atoms with E-state index in [0.717, 1.165) is 0 Å². The summed E-state index contributed by atoms with van der Waals surface area (Å²) in [5, 5.41) is 5.84. The van der Waals surface area contributed by atoms with Gasteiger partial charge in [-0.2, -0.15) is 0 Å². The molecule has 2 N–H and O–H groups in total. The van der Waals surface area contributed by atoms with E-state index in [-0.39, 0.29) is 19.0 Å².